The minimum atomic E-state index is -1.07. The lowest BCUT2D eigenvalue weighted by Gasteiger charge is -2.17. The summed E-state index contributed by atoms with van der Waals surface area (Å²) in [5.41, 5.74) is 5.75. The molecular formula is C10H11ClFNO2. The number of aliphatic carboxylic acids is 1. The van der Waals surface area contributed by atoms with Crippen LogP contribution >= 0.6 is 11.6 Å². The molecule has 0 heterocycles. The molecule has 82 valence electrons. The fraction of sp³-hybridized carbons (Fsp3) is 0.300. The third kappa shape index (κ3) is 2.67. The molecule has 1 aromatic carbocycles. The molecule has 0 aliphatic rings. The predicted octanol–water partition coefficient (Wildman–Crippen LogP) is 2.20. The summed E-state index contributed by atoms with van der Waals surface area (Å²) in [6.45, 7) is 1.42. The summed E-state index contributed by atoms with van der Waals surface area (Å²) < 4.78 is 13.3. The molecule has 2 unspecified atom stereocenters. The maximum Gasteiger partial charge on any atom is 0.308 e. The second kappa shape index (κ2) is 4.59. The van der Waals surface area contributed by atoms with Crippen molar-refractivity contribution >= 4 is 17.6 Å². The fourth-order valence-corrected chi connectivity index (χ4v) is 1.37. The Morgan fingerprint density at radius 1 is 1.60 bits per heavy atom. The van der Waals surface area contributed by atoms with Gasteiger partial charge in [0.15, 0.2) is 0 Å². The van der Waals surface area contributed by atoms with Crippen molar-refractivity contribution in [1.29, 1.82) is 0 Å². The van der Waals surface area contributed by atoms with Crippen molar-refractivity contribution in [1.82, 2.24) is 0 Å². The van der Waals surface area contributed by atoms with Gasteiger partial charge in [0.2, 0.25) is 0 Å². The molecule has 0 saturated carbocycles. The van der Waals surface area contributed by atoms with Crippen LogP contribution in [0.15, 0.2) is 18.2 Å². The van der Waals surface area contributed by atoms with Gasteiger partial charge in [-0.05, 0) is 18.2 Å². The average Bonchev–Trinajstić information content (AvgIpc) is 2.19. The predicted molar refractivity (Wildman–Crippen MR) is 55.1 cm³/mol. The third-order valence-corrected chi connectivity index (χ3v) is 2.48. The number of benzene rings is 1. The molecule has 0 radical (unpaired) electrons. The van der Waals surface area contributed by atoms with Gasteiger partial charge >= 0.3 is 5.97 Å². The van der Waals surface area contributed by atoms with E-state index in [1.54, 1.807) is 0 Å². The van der Waals surface area contributed by atoms with E-state index in [4.69, 9.17) is 22.4 Å². The Morgan fingerprint density at radius 3 is 2.73 bits per heavy atom. The monoisotopic (exact) mass is 231 g/mol. The standard InChI is InChI=1S/C10H11ClFNO2/c1-5(10(14)15)9(13)7-4-6(11)2-3-8(7)12/h2-5,9H,13H2,1H3,(H,14,15). The van der Waals surface area contributed by atoms with Crippen LogP contribution in [-0.2, 0) is 4.79 Å². The molecule has 2 atom stereocenters. The second-order valence-electron chi connectivity index (χ2n) is 3.32. The SMILES string of the molecule is CC(C(=O)O)C(N)c1cc(Cl)ccc1F. The highest BCUT2D eigenvalue weighted by Gasteiger charge is 2.24. The van der Waals surface area contributed by atoms with Crippen LogP contribution in [0.25, 0.3) is 0 Å². The lowest BCUT2D eigenvalue weighted by molar-refractivity contribution is -0.141. The molecule has 1 rings (SSSR count). The molecule has 15 heavy (non-hydrogen) atoms. The van der Waals surface area contributed by atoms with E-state index in [2.05, 4.69) is 0 Å². The zero-order valence-corrected chi connectivity index (χ0v) is 8.83. The number of hydrogen-bond donors (Lipinski definition) is 2. The van der Waals surface area contributed by atoms with Crippen LogP contribution in [-0.4, -0.2) is 11.1 Å². The van der Waals surface area contributed by atoms with Gasteiger partial charge in [-0.1, -0.05) is 18.5 Å². The zero-order valence-electron chi connectivity index (χ0n) is 8.08. The van der Waals surface area contributed by atoms with Gasteiger partial charge in [0.1, 0.15) is 5.82 Å². The van der Waals surface area contributed by atoms with Gasteiger partial charge in [-0.15, -0.1) is 0 Å². The summed E-state index contributed by atoms with van der Waals surface area (Å²) in [7, 11) is 0. The van der Waals surface area contributed by atoms with E-state index in [1.165, 1.54) is 25.1 Å². The first-order valence-electron chi connectivity index (χ1n) is 4.37. The third-order valence-electron chi connectivity index (χ3n) is 2.25. The van der Waals surface area contributed by atoms with Crippen LogP contribution in [0.2, 0.25) is 5.02 Å². The number of carbonyl (C=O) groups is 1. The van der Waals surface area contributed by atoms with Crippen molar-refractivity contribution in [2.45, 2.75) is 13.0 Å². The summed E-state index contributed by atoms with van der Waals surface area (Å²) in [5.74, 6) is -2.47. The van der Waals surface area contributed by atoms with Gasteiger partial charge in [0.05, 0.1) is 5.92 Å². The summed E-state index contributed by atoms with van der Waals surface area (Å²) in [4.78, 5) is 10.7. The smallest absolute Gasteiger partial charge is 0.308 e. The molecular weight excluding hydrogens is 221 g/mol. The maximum atomic E-state index is 13.3. The van der Waals surface area contributed by atoms with Crippen LogP contribution in [0.5, 0.6) is 0 Å². The van der Waals surface area contributed by atoms with Crippen LogP contribution in [0.4, 0.5) is 4.39 Å². The van der Waals surface area contributed by atoms with Gasteiger partial charge in [-0.25, -0.2) is 4.39 Å². The zero-order chi connectivity index (χ0) is 11.6. The van der Waals surface area contributed by atoms with Crippen molar-refractivity contribution in [3.05, 3.63) is 34.6 Å². The fourth-order valence-electron chi connectivity index (χ4n) is 1.19. The van der Waals surface area contributed by atoms with Crippen LogP contribution in [0, 0.1) is 11.7 Å². The Kier molecular flexibility index (Phi) is 3.66. The van der Waals surface area contributed by atoms with E-state index in [-0.39, 0.29) is 5.56 Å². The highest BCUT2D eigenvalue weighted by molar-refractivity contribution is 6.30. The van der Waals surface area contributed by atoms with Gasteiger partial charge < -0.3 is 10.8 Å². The van der Waals surface area contributed by atoms with Crippen molar-refractivity contribution in [2.75, 3.05) is 0 Å². The number of hydrogen-bond acceptors (Lipinski definition) is 2. The van der Waals surface area contributed by atoms with E-state index in [1.807, 2.05) is 0 Å². The Hall–Kier alpha value is -1.13. The Morgan fingerprint density at radius 2 is 2.20 bits per heavy atom. The van der Waals surface area contributed by atoms with Crippen molar-refractivity contribution in [3.63, 3.8) is 0 Å². The van der Waals surface area contributed by atoms with Gasteiger partial charge in [-0.3, -0.25) is 4.79 Å². The maximum absolute atomic E-state index is 13.3. The minimum absolute atomic E-state index is 0.123. The van der Waals surface area contributed by atoms with Crippen LogP contribution in [0.1, 0.15) is 18.5 Å². The number of nitrogens with two attached hydrogens (primary N) is 1. The van der Waals surface area contributed by atoms with E-state index in [0.29, 0.717) is 5.02 Å². The molecule has 0 aromatic heterocycles. The van der Waals surface area contributed by atoms with Gasteiger partial charge in [-0.2, -0.15) is 0 Å². The molecule has 0 aliphatic heterocycles. The Bertz CT molecular complexity index is 384. The van der Waals surface area contributed by atoms with Gasteiger partial charge in [0, 0.05) is 16.6 Å². The van der Waals surface area contributed by atoms with Crippen molar-refractivity contribution < 1.29 is 14.3 Å². The molecule has 0 fully saturated rings. The largest absolute Gasteiger partial charge is 0.481 e. The molecule has 0 spiro atoms. The summed E-state index contributed by atoms with van der Waals surface area (Å²) in [6.07, 6.45) is 0. The van der Waals surface area contributed by atoms with E-state index in [9.17, 15) is 9.18 Å². The van der Waals surface area contributed by atoms with E-state index >= 15 is 0 Å². The lowest BCUT2D eigenvalue weighted by Crippen LogP contribution is -2.26. The molecule has 0 bridgehead atoms. The molecule has 0 saturated heterocycles. The Balaban J connectivity index is 3.04. The molecule has 5 heteroatoms. The normalized spacial score (nSPS) is 14.7. The van der Waals surface area contributed by atoms with E-state index < -0.39 is 23.7 Å². The molecule has 1 aromatic rings. The van der Waals surface area contributed by atoms with Gasteiger partial charge in [0.25, 0.3) is 0 Å². The Labute approximate surface area is 91.7 Å². The second-order valence-corrected chi connectivity index (χ2v) is 3.75. The van der Waals surface area contributed by atoms with Crippen molar-refractivity contribution in [3.8, 4) is 0 Å². The first-order valence-corrected chi connectivity index (χ1v) is 4.74. The number of carboxylic acids is 1. The molecule has 3 N–H and O–H groups in total. The quantitative estimate of drug-likeness (QED) is 0.838. The van der Waals surface area contributed by atoms with E-state index in [0.717, 1.165) is 0 Å². The lowest BCUT2D eigenvalue weighted by atomic mass is 9.95. The van der Waals surface area contributed by atoms with Crippen LogP contribution < -0.4 is 5.73 Å². The minimum Gasteiger partial charge on any atom is -0.481 e. The number of rotatable bonds is 3. The first-order chi connectivity index (χ1) is 6.93. The highest BCUT2D eigenvalue weighted by Crippen LogP contribution is 2.25. The number of halogens is 2. The molecule has 0 amide bonds. The summed E-state index contributed by atoms with van der Waals surface area (Å²) in [5, 5.41) is 9.07. The average molecular weight is 232 g/mol. The summed E-state index contributed by atoms with van der Waals surface area (Å²) >= 11 is 5.68. The topological polar surface area (TPSA) is 63.3 Å². The molecule has 0 aliphatic carbocycles. The van der Waals surface area contributed by atoms with Crippen LogP contribution in [0.3, 0.4) is 0 Å². The number of carboxylic acid groups (broad SMARTS) is 1. The van der Waals surface area contributed by atoms with Crippen molar-refractivity contribution in [2.24, 2.45) is 11.7 Å². The highest BCUT2D eigenvalue weighted by atomic mass is 35.5. The summed E-state index contributed by atoms with van der Waals surface area (Å²) in [6, 6.07) is 3.01. The molecule has 3 nitrogen and oxygen atoms in total. The first kappa shape index (κ1) is 11.9.